The van der Waals surface area contributed by atoms with Gasteiger partial charge in [0, 0.05) is 23.0 Å². The molecule has 140 valence electrons. The maximum absolute atomic E-state index is 13.0. The number of sulfonamides is 1. The topological polar surface area (TPSA) is 66.5 Å². The summed E-state index contributed by atoms with van der Waals surface area (Å²) in [7, 11) is -3.59. The smallest absolute Gasteiger partial charge is 0.251 e. The monoisotopic (exact) mass is 392 g/mol. The summed E-state index contributed by atoms with van der Waals surface area (Å²) < 4.78 is 27.6. The number of piperidine rings is 1. The quantitative estimate of drug-likeness (QED) is 0.846. The van der Waals surface area contributed by atoms with Crippen molar-refractivity contribution in [3.63, 3.8) is 0 Å². The van der Waals surface area contributed by atoms with Gasteiger partial charge in [0.1, 0.15) is 0 Å². The minimum absolute atomic E-state index is 0.00819. The number of thiophene rings is 1. The Bertz CT molecular complexity index is 876. The molecular weight excluding hydrogens is 368 g/mol. The molecule has 0 radical (unpaired) electrons. The number of rotatable bonds is 5. The molecule has 0 aliphatic carbocycles. The molecule has 2 heterocycles. The number of carbonyl (C=O) groups is 1. The molecule has 1 fully saturated rings. The van der Waals surface area contributed by atoms with Crippen LogP contribution >= 0.6 is 11.3 Å². The highest BCUT2D eigenvalue weighted by Gasteiger charge is 2.31. The average molecular weight is 393 g/mol. The van der Waals surface area contributed by atoms with Crippen LogP contribution in [-0.4, -0.2) is 31.2 Å². The average Bonchev–Trinajstić information content (AvgIpc) is 3.13. The first-order valence-electron chi connectivity index (χ1n) is 8.82. The summed E-state index contributed by atoms with van der Waals surface area (Å²) in [4.78, 5) is 13.8. The fourth-order valence-electron chi connectivity index (χ4n) is 3.25. The van der Waals surface area contributed by atoms with Gasteiger partial charge in [-0.15, -0.1) is 11.3 Å². The van der Waals surface area contributed by atoms with Crippen LogP contribution in [-0.2, 0) is 16.6 Å². The lowest BCUT2D eigenvalue weighted by molar-refractivity contribution is 0.0950. The highest BCUT2D eigenvalue weighted by atomic mass is 32.2. The summed E-state index contributed by atoms with van der Waals surface area (Å²) in [6.07, 6.45) is 2.81. The largest absolute Gasteiger partial charge is 0.347 e. The van der Waals surface area contributed by atoms with Gasteiger partial charge in [0.05, 0.1) is 11.4 Å². The van der Waals surface area contributed by atoms with Gasteiger partial charge in [0.15, 0.2) is 0 Å². The molecule has 5 nitrogen and oxygen atoms in total. The van der Waals surface area contributed by atoms with Crippen LogP contribution in [0.3, 0.4) is 0 Å². The first-order chi connectivity index (χ1) is 12.4. The van der Waals surface area contributed by atoms with E-state index in [4.69, 9.17) is 0 Å². The van der Waals surface area contributed by atoms with Crippen molar-refractivity contribution in [3.8, 4) is 0 Å². The lowest BCUT2D eigenvalue weighted by Crippen LogP contribution is -2.42. The van der Waals surface area contributed by atoms with Crippen molar-refractivity contribution in [1.82, 2.24) is 9.62 Å². The third kappa shape index (κ3) is 4.00. The molecule has 1 aliphatic heterocycles. The van der Waals surface area contributed by atoms with Gasteiger partial charge in [0.2, 0.25) is 10.0 Å². The molecule has 26 heavy (non-hydrogen) atoms. The summed E-state index contributed by atoms with van der Waals surface area (Å²) in [6.45, 7) is 4.74. The van der Waals surface area contributed by atoms with Crippen LogP contribution in [0.1, 0.15) is 47.0 Å². The summed E-state index contributed by atoms with van der Waals surface area (Å²) in [5.41, 5.74) is 1.17. The molecule has 1 unspecified atom stereocenters. The highest BCUT2D eigenvalue weighted by Crippen LogP contribution is 2.26. The minimum atomic E-state index is -3.59. The summed E-state index contributed by atoms with van der Waals surface area (Å²) in [5, 5.41) is 4.83. The summed E-state index contributed by atoms with van der Waals surface area (Å²) in [5.74, 6) is -0.250. The molecule has 1 atom stereocenters. The van der Waals surface area contributed by atoms with Gasteiger partial charge in [-0.2, -0.15) is 4.31 Å². The van der Waals surface area contributed by atoms with E-state index >= 15 is 0 Å². The maximum atomic E-state index is 13.0. The first kappa shape index (κ1) is 19.1. The Morgan fingerprint density at radius 2 is 2.12 bits per heavy atom. The van der Waals surface area contributed by atoms with Crippen LogP contribution in [0.4, 0.5) is 0 Å². The van der Waals surface area contributed by atoms with Gasteiger partial charge in [-0.1, -0.05) is 18.6 Å². The molecule has 2 aromatic rings. The van der Waals surface area contributed by atoms with Crippen LogP contribution in [0.15, 0.2) is 40.6 Å². The van der Waals surface area contributed by atoms with Gasteiger partial charge < -0.3 is 5.32 Å². The number of hydrogen-bond acceptors (Lipinski definition) is 4. The molecule has 1 aromatic carbocycles. The molecule has 0 spiro atoms. The molecule has 1 aliphatic rings. The second kappa shape index (κ2) is 7.90. The SMILES string of the molecule is Cc1ccc(S(=O)(=O)N2CCCCC2C)cc1C(=O)NCc1cccs1. The second-order valence-corrected chi connectivity index (χ2v) is 9.62. The lowest BCUT2D eigenvalue weighted by Gasteiger charge is -2.32. The van der Waals surface area contributed by atoms with Gasteiger partial charge in [-0.3, -0.25) is 4.79 Å². The Hall–Kier alpha value is -1.70. The van der Waals surface area contributed by atoms with Crippen LogP contribution in [0.2, 0.25) is 0 Å². The van der Waals surface area contributed by atoms with Crippen molar-refractivity contribution < 1.29 is 13.2 Å². The number of carbonyl (C=O) groups excluding carboxylic acids is 1. The molecule has 3 rings (SSSR count). The normalized spacial score (nSPS) is 18.6. The lowest BCUT2D eigenvalue weighted by atomic mass is 10.1. The highest BCUT2D eigenvalue weighted by molar-refractivity contribution is 7.89. The van der Waals surface area contributed by atoms with Crippen LogP contribution < -0.4 is 5.32 Å². The fourth-order valence-corrected chi connectivity index (χ4v) is 5.62. The zero-order valence-electron chi connectivity index (χ0n) is 15.1. The molecule has 0 saturated carbocycles. The standard InChI is InChI=1S/C19H24N2O3S2/c1-14-8-9-17(26(23,24)21-10-4-3-6-15(21)2)12-18(14)19(22)20-13-16-7-5-11-25-16/h5,7-9,11-12,15H,3-4,6,10,13H2,1-2H3,(H,20,22). The molecule has 1 amide bonds. The van der Waals surface area contributed by atoms with E-state index in [0.717, 1.165) is 29.7 Å². The third-order valence-corrected chi connectivity index (χ3v) is 7.69. The number of aryl methyl sites for hydroxylation is 1. The van der Waals surface area contributed by atoms with Gasteiger partial charge in [-0.05, 0) is 55.8 Å². The number of hydrogen-bond donors (Lipinski definition) is 1. The van der Waals surface area contributed by atoms with Crippen molar-refractivity contribution in [2.24, 2.45) is 0 Å². The van der Waals surface area contributed by atoms with E-state index in [1.54, 1.807) is 27.8 Å². The zero-order valence-corrected chi connectivity index (χ0v) is 16.7. The van der Waals surface area contributed by atoms with Gasteiger partial charge >= 0.3 is 0 Å². The van der Waals surface area contributed by atoms with Crippen molar-refractivity contribution in [3.05, 3.63) is 51.7 Å². The molecule has 7 heteroatoms. The fraction of sp³-hybridized carbons (Fsp3) is 0.421. The minimum Gasteiger partial charge on any atom is -0.347 e. The van der Waals surface area contributed by atoms with Crippen molar-refractivity contribution >= 4 is 27.3 Å². The van der Waals surface area contributed by atoms with Crippen LogP contribution in [0.25, 0.3) is 0 Å². The second-order valence-electron chi connectivity index (χ2n) is 6.70. The molecule has 1 aromatic heterocycles. The van der Waals surface area contributed by atoms with Gasteiger partial charge in [-0.25, -0.2) is 8.42 Å². The maximum Gasteiger partial charge on any atom is 0.251 e. The third-order valence-electron chi connectivity index (χ3n) is 4.81. The molecule has 1 saturated heterocycles. The van der Waals surface area contributed by atoms with E-state index < -0.39 is 10.0 Å². The van der Waals surface area contributed by atoms with E-state index in [0.29, 0.717) is 18.7 Å². The molecule has 0 bridgehead atoms. The Morgan fingerprint density at radius 1 is 1.31 bits per heavy atom. The molecular formula is C19H24N2O3S2. The summed E-state index contributed by atoms with van der Waals surface area (Å²) in [6, 6.07) is 8.70. The first-order valence-corrected chi connectivity index (χ1v) is 11.1. The number of amides is 1. The number of benzene rings is 1. The van der Waals surface area contributed by atoms with Crippen molar-refractivity contribution in [2.75, 3.05) is 6.54 Å². The van der Waals surface area contributed by atoms with E-state index in [9.17, 15) is 13.2 Å². The Kier molecular flexibility index (Phi) is 5.79. The van der Waals surface area contributed by atoms with Crippen molar-refractivity contribution in [1.29, 1.82) is 0 Å². The Morgan fingerprint density at radius 3 is 2.81 bits per heavy atom. The predicted octanol–water partition coefficient (Wildman–Crippen LogP) is 3.55. The van der Waals surface area contributed by atoms with Crippen LogP contribution in [0.5, 0.6) is 0 Å². The zero-order chi connectivity index (χ0) is 18.7. The van der Waals surface area contributed by atoms with E-state index in [1.807, 2.05) is 31.4 Å². The van der Waals surface area contributed by atoms with E-state index in [-0.39, 0.29) is 16.8 Å². The van der Waals surface area contributed by atoms with Crippen LogP contribution in [0, 0.1) is 6.92 Å². The van der Waals surface area contributed by atoms with E-state index in [1.165, 1.54) is 6.07 Å². The van der Waals surface area contributed by atoms with Crippen molar-refractivity contribution in [2.45, 2.75) is 50.6 Å². The predicted molar refractivity (Wildman–Crippen MR) is 104 cm³/mol. The Labute approximate surface area is 159 Å². The van der Waals surface area contributed by atoms with Gasteiger partial charge in [0.25, 0.3) is 5.91 Å². The summed E-state index contributed by atoms with van der Waals surface area (Å²) >= 11 is 1.57. The number of nitrogens with one attached hydrogen (secondary N) is 1. The molecule has 1 N–H and O–H groups in total. The Balaban J connectivity index is 1.83. The number of nitrogens with zero attached hydrogens (tertiary/aromatic N) is 1. The van der Waals surface area contributed by atoms with E-state index in [2.05, 4.69) is 5.32 Å².